The summed E-state index contributed by atoms with van der Waals surface area (Å²) in [5.74, 6) is 0.298. The summed E-state index contributed by atoms with van der Waals surface area (Å²) >= 11 is 1.25. The number of ether oxygens (including phenoxy) is 2. The molecule has 1 aromatic rings. The molecule has 8 heteroatoms. The highest BCUT2D eigenvalue weighted by molar-refractivity contribution is 8.13. The molecule has 1 unspecified atom stereocenters. The number of hydrogen-bond donors (Lipinski definition) is 0. The molecule has 0 saturated carbocycles. The number of rotatable bonds is 4. The van der Waals surface area contributed by atoms with E-state index in [1.165, 1.54) is 24.0 Å². The van der Waals surface area contributed by atoms with Crippen LogP contribution in [0, 0.1) is 0 Å². The summed E-state index contributed by atoms with van der Waals surface area (Å²) in [6, 6.07) is 5.15. The van der Waals surface area contributed by atoms with E-state index in [0.29, 0.717) is 23.0 Å². The molecule has 26 heavy (non-hydrogen) atoms. The molecular weight excluding hydrogens is 367 g/mol. The number of aliphatic imine (C=N–C) groups is 1. The van der Waals surface area contributed by atoms with Crippen LogP contribution in [0.25, 0.3) is 0 Å². The van der Waals surface area contributed by atoms with Crippen molar-refractivity contribution in [1.29, 1.82) is 0 Å². The van der Waals surface area contributed by atoms with Crippen molar-refractivity contribution < 1.29 is 27.4 Å². The van der Waals surface area contributed by atoms with Crippen LogP contribution in [0.4, 0.5) is 13.2 Å². The topological polar surface area (TPSA) is 47.9 Å². The Morgan fingerprint density at radius 2 is 2.15 bits per heavy atom. The number of alkyl halides is 3. The fourth-order valence-corrected chi connectivity index (χ4v) is 3.48. The average Bonchev–Trinajstić information content (AvgIpc) is 2.62. The van der Waals surface area contributed by atoms with E-state index in [1.807, 2.05) is 0 Å². The minimum absolute atomic E-state index is 0.0855. The van der Waals surface area contributed by atoms with Gasteiger partial charge >= 0.3 is 6.18 Å². The van der Waals surface area contributed by atoms with E-state index in [2.05, 4.69) is 4.99 Å². The predicted octanol–water partition coefficient (Wildman–Crippen LogP) is 4.69. The monoisotopic (exact) mass is 385 g/mol. The van der Waals surface area contributed by atoms with Crippen LogP contribution >= 0.6 is 11.8 Å². The van der Waals surface area contributed by atoms with Crippen molar-refractivity contribution in [2.75, 3.05) is 6.61 Å². The first kappa shape index (κ1) is 19.0. The molecule has 3 rings (SSSR count). The largest absolute Gasteiger partial charge is 0.460 e. The minimum atomic E-state index is -4.37. The van der Waals surface area contributed by atoms with Crippen LogP contribution < -0.4 is 0 Å². The molecule has 1 saturated heterocycles. The Balaban J connectivity index is 1.58. The lowest BCUT2D eigenvalue weighted by Crippen LogP contribution is -2.25. The maximum Gasteiger partial charge on any atom is 0.416 e. The van der Waals surface area contributed by atoms with Gasteiger partial charge in [-0.15, -0.1) is 11.8 Å². The Hall–Kier alpha value is -1.80. The summed E-state index contributed by atoms with van der Waals surface area (Å²) in [5.41, 5.74) is -0.151. The SMILES string of the molecule is O=C1CC(SCc2cccc(C(F)(F)F)c2)=NC=C1OC1CCCCO1. The number of carbonyl (C=O) groups is 1. The molecule has 0 spiro atoms. The summed E-state index contributed by atoms with van der Waals surface area (Å²) in [4.78, 5) is 16.4. The van der Waals surface area contributed by atoms with E-state index >= 15 is 0 Å². The molecule has 1 aromatic carbocycles. The van der Waals surface area contributed by atoms with Crippen molar-refractivity contribution in [2.45, 2.75) is 43.9 Å². The molecule has 2 aliphatic heterocycles. The molecule has 0 amide bonds. The number of thioether (sulfide) groups is 1. The van der Waals surface area contributed by atoms with Gasteiger partial charge in [0.15, 0.2) is 12.0 Å². The number of hydrogen-bond acceptors (Lipinski definition) is 5. The third-order valence-electron chi connectivity index (χ3n) is 3.97. The van der Waals surface area contributed by atoms with E-state index in [9.17, 15) is 18.0 Å². The fourth-order valence-electron chi connectivity index (χ4n) is 2.61. The fraction of sp³-hybridized carbons (Fsp3) is 0.444. The van der Waals surface area contributed by atoms with Gasteiger partial charge in [-0.3, -0.25) is 4.79 Å². The Morgan fingerprint density at radius 3 is 2.85 bits per heavy atom. The maximum absolute atomic E-state index is 12.7. The number of halogens is 3. The zero-order chi connectivity index (χ0) is 18.6. The Kier molecular flexibility index (Phi) is 6.03. The third-order valence-corrected chi connectivity index (χ3v) is 5.03. The van der Waals surface area contributed by atoms with E-state index < -0.39 is 18.0 Å². The molecule has 1 fully saturated rings. The summed E-state index contributed by atoms with van der Waals surface area (Å²) in [7, 11) is 0. The number of benzene rings is 1. The first-order chi connectivity index (χ1) is 12.4. The second kappa shape index (κ2) is 8.26. The standard InChI is InChI=1S/C18H18F3NO3S/c19-18(20,21)13-5-3-4-12(8-13)11-26-16-9-14(23)15(10-22-16)25-17-6-1-2-7-24-17/h3-5,8,10,17H,1-2,6-7,9,11H2. The maximum atomic E-state index is 12.7. The molecule has 0 radical (unpaired) electrons. The van der Waals surface area contributed by atoms with Gasteiger partial charge < -0.3 is 9.47 Å². The summed E-state index contributed by atoms with van der Waals surface area (Å²) < 4.78 is 49.2. The van der Waals surface area contributed by atoms with Gasteiger partial charge in [0.25, 0.3) is 0 Å². The quantitative estimate of drug-likeness (QED) is 0.754. The Bertz CT molecular complexity index is 725. The summed E-state index contributed by atoms with van der Waals surface area (Å²) in [6.07, 6.45) is -0.593. The van der Waals surface area contributed by atoms with Gasteiger partial charge in [0.05, 0.1) is 29.8 Å². The number of nitrogens with zero attached hydrogens (tertiary/aromatic N) is 1. The lowest BCUT2D eigenvalue weighted by Gasteiger charge is -2.24. The van der Waals surface area contributed by atoms with E-state index in [1.54, 1.807) is 6.07 Å². The van der Waals surface area contributed by atoms with Crippen molar-refractivity contribution in [2.24, 2.45) is 4.99 Å². The van der Waals surface area contributed by atoms with Crippen molar-refractivity contribution in [3.8, 4) is 0 Å². The van der Waals surface area contributed by atoms with Crippen molar-refractivity contribution in [1.82, 2.24) is 0 Å². The second-order valence-electron chi connectivity index (χ2n) is 6.02. The highest BCUT2D eigenvalue weighted by Gasteiger charge is 2.30. The third kappa shape index (κ3) is 5.11. The molecule has 2 aliphatic rings. The normalized spacial score (nSPS) is 21.2. The van der Waals surface area contributed by atoms with Gasteiger partial charge in [-0.2, -0.15) is 13.2 Å². The zero-order valence-electron chi connectivity index (χ0n) is 13.9. The smallest absolute Gasteiger partial charge is 0.416 e. The van der Waals surface area contributed by atoms with Crippen molar-refractivity contribution in [3.05, 3.63) is 47.4 Å². The number of carbonyl (C=O) groups excluding carboxylic acids is 1. The predicted molar refractivity (Wildman–Crippen MR) is 92.6 cm³/mol. The van der Waals surface area contributed by atoms with Crippen LogP contribution in [-0.4, -0.2) is 23.7 Å². The molecule has 0 aromatic heterocycles. The van der Waals surface area contributed by atoms with Gasteiger partial charge in [0.1, 0.15) is 0 Å². The molecule has 0 aliphatic carbocycles. The van der Waals surface area contributed by atoms with Crippen LogP contribution in [0.5, 0.6) is 0 Å². The first-order valence-electron chi connectivity index (χ1n) is 8.29. The van der Waals surface area contributed by atoms with E-state index in [-0.39, 0.29) is 18.0 Å². The molecule has 1 atom stereocenters. The van der Waals surface area contributed by atoms with Crippen molar-refractivity contribution >= 4 is 22.6 Å². The van der Waals surface area contributed by atoms with Gasteiger partial charge in [0.2, 0.25) is 5.78 Å². The second-order valence-corrected chi connectivity index (χ2v) is 7.07. The highest BCUT2D eigenvalue weighted by atomic mass is 32.2. The number of allylic oxidation sites excluding steroid dienone is 1. The summed E-state index contributed by atoms with van der Waals surface area (Å²) in [5, 5.41) is 0.560. The molecule has 2 heterocycles. The van der Waals surface area contributed by atoms with Crippen LogP contribution in [0.3, 0.4) is 0 Å². The van der Waals surface area contributed by atoms with Crippen LogP contribution in [-0.2, 0) is 26.2 Å². The molecule has 140 valence electrons. The molecule has 0 N–H and O–H groups in total. The van der Waals surface area contributed by atoms with E-state index in [4.69, 9.17) is 9.47 Å². The lowest BCUT2D eigenvalue weighted by molar-refractivity contribution is -0.149. The van der Waals surface area contributed by atoms with Gasteiger partial charge in [-0.05, 0) is 24.5 Å². The number of ketones is 1. The molecule has 0 bridgehead atoms. The molecular formula is C18H18F3NO3S. The first-order valence-corrected chi connectivity index (χ1v) is 9.27. The Morgan fingerprint density at radius 1 is 1.31 bits per heavy atom. The highest BCUT2D eigenvalue weighted by Crippen LogP contribution is 2.31. The van der Waals surface area contributed by atoms with Crippen LogP contribution in [0.2, 0.25) is 0 Å². The van der Waals surface area contributed by atoms with Gasteiger partial charge in [0, 0.05) is 12.2 Å². The van der Waals surface area contributed by atoms with Crippen LogP contribution in [0.15, 0.2) is 41.2 Å². The lowest BCUT2D eigenvalue weighted by atomic mass is 10.1. The van der Waals surface area contributed by atoms with E-state index in [0.717, 1.165) is 31.4 Å². The zero-order valence-corrected chi connectivity index (χ0v) is 14.7. The van der Waals surface area contributed by atoms with Gasteiger partial charge in [-0.25, -0.2) is 4.99 Å². The van der Waals surface area contributed by atoms with Crippen molar-refractivity contribution in [3.63, 3.8) is 0 Å². The van der Waals surface area contributed by atoms with Gasteiger partial charge in [-0.1, -0.05) is 18.2 Å². The summed E-state index contributed by atoms with van der Waals surface area (Å²) in [6.45, 7) is 0.619. The Labute approximate surface area is 153 Å². The minimum Gasteiger partial charge on any atom is -0.460 e. The van der Waals surface area contributed by atoms with Crippen LogP contribution in [0.1, 0.15) is 36.8 Å². The average molecular weight is 385 g/mol. The number of Topliss-reactive ketones (excluding diaryl/α,β-unsaturated/α-hetero) is 1. The molecule has 4 nitrogen and oxygen atoms in total.